The first-order valence-electron chi connectivity index (χ1n) is 6.32. The molecule has 21 heavy (non-hydrogen) atoms. The van der Waals surface area contributed by atoms with E-state index in [0.29, 0.717) is 12.2 Å². The Balaban J connectivity index is 2.21. The molecule has 0 fully saturated rings. The van der Waals surface area contributed by atoms with Crippen molar-refractivity contribution in [3.05, 3.63) is 56.3 Å². The van der Waals surface area contributed by atoms with Crippen LogP contribution < -0.4 is 5.32 Å². The maximum atomic E-state index is 11.8. The molecule has 1 N–H and O–H groups in total. The summed E-state index contributed by atoms with van der Waals surface area (Å²) in [5.74, 6) is -0.691. The maximum Gasteiger partial charge on any atom is 0.345 e. The van der Waals surface area contributed by atoms with E-state index in [-0.39, 0.29) is 17.9 Å². The number of nitro benzene ring substituents is 1. The molecule has 0 aliphatic carbocycles. The van der Waals surface area contributed by atoms with Gasteiger partial charge in [0, 0.05) is 18.3 Å². The van der Waals surface area contributed by atoms with E-state index in [1.165, 1.54) is 12.1 Å². The first-order valence-corrected chi connectivity index (χ1v) is 7.26. The minimum Gasteiger partial charge on any atom is -0.462 e. The van der Waals surface area contributed by atoms with Gasteiger partial charge in [0.15, 0.2) is 0 Å². The van der Waals surface area contributed by atoms with E-state index < -0.39 is 10.9 Å². The fourth-order valence-electron chi connectivity index (χ4n) is 1.77. The van der Waals surface area contributed by atoms with Gasteiger partial charge in [0.1, 0.15) is 5.56 Å². The van der Waals surface area contributed by atoms with Crippen molar-refractivity contribution in [1.82, 2.24) is 0 Å². The molecule has 0 atom stereocenters. The molecule has 0 bridgehead atoms. The first kappa shape index (κ1) is 15.0. The molecule has 0 saturated heterocycles. The number of rotatable bonds is 6. The molecule has 1 heterocycles. The summed E-state index contributed by atoms with van der Waals surface area (Å²) < 4.78 is 4.85. The van der Waals surface area contributed by atoms with Crippen molar-refractivity contribution in [3.8, 4) is 0 Å². The number of nitro groups is 1. The van der Waals surface area contributed by atoms with Crippen LogP contribution >= 0.6 is 11.3 Å². The van der Waals surface area contributed by atoms with Crippen molar-refractivity contribution in [2.45, 2.75) is 13.5 Å². The van der Waals surface area contributed by atoms with Crippen LogP contribution in [0.4, 0.5) is 11.4 Å². The van der Waals surface area contributed by atoms with E-state index >= 15 is 0 Å². The summed E-state index contributed by atoms with van der Waals surface area (Å²) in [6.45, 7) is 2.41. The van der Waals surface area contributed by atoms with Gasteiger partial charge in [-0.15, -0.1) is 0 Å². The van der Waals surface area contributed by atoms with Crippen LogP contribution in [0.3, 0.4) is 0 Å². The van der Waals surface area contributed by atoms with Crippen LogP contribution in [0.1, 0.15) is 22.8 Å². The normalized spacial score (nSPS) is 10.1. The van der Waals surface area contributed by atoms with Gasteiger partial charge in [0.05, 0.1) is 11.5 Å². The van der Waals surface area contributed by atoms with E-state index in [0.717, 1.165) is 5.56 Å². The van der Waals surface area contributed by atoms with Gasteiger partial charge in [-0.2, -0.15) is 11.3 Å². The molecule has 0 saturated carbocycles. The van der Waals surface area contributed by atoms with Crippen molar-refractivity contribution >= 4 is 28.7 Å². The van der Waals surface area contributed by atoms with E-state index in [4.69, 9.17) is 4.74 Å². The molecule has 0 aliphatic rings. The molecule has 0 aliphatic heterocycles. The first-order chi connectivity index (χ1) is 10.1. The molecule has 6 nitrogen and oxygen atoms in total. The fraction of sp³-hybridized carbons (Fsp3) is 0.214. The van der Waals surface area contributed by atoms with Gasteiger partial charge in [-0.3, -0.25) is 10.1 Å². The highest BCUT2D eigenvalue weighted by molar-refractivity contribution is 7.07. The largest absolute Gasteiger partial charge is 0.462 e. The number of carbonyl (C=O) groups excluding carboxylic acids is 1. The summed E-state index contributed by atoms with van der Waals surface area (Å²) in [7, 11) is 0. The summed E-state index contributed by atoms with van der Waals surface area (Å²) >= 11 is 1.59. The van der Waals surface area contributed by atoms with Gasteiger partial charge >= 0.3 is 5.97 Å². The quantitative estimate of drug-likeness (QED) is 0.502. The molecule has 0 unspecified atom stereocenters. The molecule has 2 rings (SSSR count). The lowest BCUT2D eigenvalue weighted by atomic mass is 10.1. The third-order valence-corrected chi connectivity index (χ3v) is 3.50. The second kappa shape index (κ2) is 6.85. The summed E-state index contributed by atoms with van der Waals surface area (Å²) in [5.41, 5.74) is 1.44. The number of thiophene rings is 1. The number of esters is 1. The third-order valence-electron chi connectivity index (χ3n) is 2.77. The van der Waals surface area contributed by atoms with Gasteiger partial charge < -0.3 is 10.1 Å². The molecule has 0 radical (unpaired) electrons. The number of ether oxygens (including phenoxy) is 1. The standard InChI is InChI=1S/C14H14N2O4S/c1-2-20-14(17)12-7-11(3-4-13(12)16(18)19)15-8-10-5-6-21-9-10/h3-7,9,15H,2,8H2,1H3. The highest BCUT2D eigenvalue weighted by atomic mass is 32.1. The highest BCUT2D eigenvalue weighted by Crippen LogP contribution is 2.24. The summed E-state index contributed by atoms with van der Waals surface area (Å²) in [4.78, 5) is 22.2. The lowest BCUT2D eigenvalue weighted by Crippen LogP contribution is -2.09. The molecule has 1 aromatic carbocycles. The maximum absolute atomic E-state index is 11.8. The topological polar surface area (TPSA) is 81.5 Å². The van der Waals surface area contributed by atoms with Crippen molar-refractivity contribution < 1.29 is 14.5 Å². The summed E-state index contributed by atoms with van der Waals surface area (Å²) in [5, 5.41) is 18.1. The zero-order valence-electron chi connectivity index (χ0n) is 11.4. The van der Waals surface area contributed by atoms with Crippen LogP contribution in [0, 0.1) is 10.1 Å². The lowest BCUT2D eigenvalue weighted by Gasteiger charge is -2.08. The smallest absolute Gasteiger partial charge is 0.345 e. The van der Waals surface area contributed by atoms with Crippen molar-refractivity contribution in [1.29, 1.82) is 0 Å². The number of hydrogen-bond acceptors (Lipinski definition) is 6. The Morgan fingerprint density at radius 3 is 2.86 bits per heavy atom. The molecule has 2 aromatic rings. The monoisotopic (exact) mass is 306 g/mol. The van der Waals surface area contributed by atoms with Crippen LogP contribution in [-0.4, -0.2) is 17.5 Å². The Bertz CT molecular complexity index is 640. The zero-order valence-corrected chi connectivity index (χ0v) is 12.2. The minimum absolute atomic E-state index is 0.0443. The average molecular weight is 306 g/mol. The molecule has 0 spiro atoms. The molecule has 1 aromatic heterocycles. The van der Waals surface area contributed by atoms with E-state index in [1.54, 1.807) is 24.3 Å². The van der Waals surface area contributed by atoms with Crippen LogP contribution in [0.25, 0.3) is 0 Å². The van der Waals surface area contributed by atoms with Crippen LogP contribution in [-0.2, 0) is 11.3 Å². The molecular formula is C14H14N2O4S. The van der Waals surface area contributed by atoms with Crippen molar-refractivity contribution in [2.75, 3.05) is 11.9 Å². The third kappa shape index (κ3) is 3.79. The zero-order chi connectivity index (χ0) is 15.2. The Labute approximate surface area is 125 Å². The number of benzene rings is 1. The number of anilines is 1. The molecule has 110 valence electrons. The Hall–Kier alpha value is -2.41. The number of hydrogen-bond donors (Lipinski definition) is 1. The van der Waals surface area contributed by atoms with Gasteiger partial charge in [0.25, 0.3) is 5.69 Å². The Morgan fingerprint density at radius 1 is 1.43 bits per heavy atom. The summed E-state index contributed by atoms with van der Waals surface area (Å²) in [6.07, 6.45) is 0. The second-order valence-corrected chi connectivity index (χ2v) is 4.97. The lowest BCUT2D eigenvalue weighted by molar-refractivity contribution is -0.385. The number of carbonyl (C=O) groups is 1. The predicted octanol–water partition coefficient (Wildman–Crippen LogP) is 3.45. The predicted molar refractivity (Wildman–Crippen MR) is 80.7 cm³/mol. The van der Waals surface area contributed by atoms with Crippen LogP contribution in [0.2, 0.25) is 0 Å². The number of nitrogens with one attached hydrogen (secondary N) is 1. The van der Waals surface area contributed by atoms with Crippen LogP contribution in [0.15, 0.2) is 35.0 Å². The Morgan fingerprint density at radius 2 is 2.24 bits per heavy atom. The fourth-order valence-corrected chi connectivity index (χ4v) is 2.44. The van der Waals surface area contributed by atoms with E-state index in [9.17, 15) is 14.9 Å². The van der Waals surface area contributed by atoms with Crippen molar-refractivity contribution in [3.63, 3.8) is 0 Å². The average Bonchev–Trinajstić information content (AvgIpc) is 2.98. The van der Waals surface area contributed by atoms with Gasteiger partial charge in [-0.25, -0.2) is 4.79 Å². The van der Waals surface area contributed by atoms with Gasteiger partial charge in [-0.05, 0) is 41.4 Å². The summed E-state index contributed by atoms with van der Waals surface area (Å²) in [6, 6.07) is 6.31. The molecular weight excluding hydrogens is 292 g/mol. The SMILES string of the molecule is CCOC(=O)c1cc(NCc2ccsc2)ccc1[N+](=O)[O-]. The van der Waals surface area contributed by atoms with E-state index in [1.807, 2.05) is 16.8 Å². The number of nitrogens with zero attached hydrogens (tertiary/aromatic N) is 1. The van der Waals surface area contributed by atoms with Crippen molar-refractivity contribution in [2.24, 2.45) is 0 Å². The van der Waals surface area contributed by atoms with Gasteiger partial charge in [0.2, 0.25) is 0 Å². The molecule has 7 heteroatoms. The molecule has 0 amide bonds. The second-order valence-electron chi connectivity index (χ2n) is 4.19. The minimum atomic E-state index is -0.691. The van der Waals surface area contributed by atoms with E-state index in [2.05, 4.69) is 5.32 Å². The highest BCUT2D eigenvalue weighted by Gasteiger charge is 2.21. The van der Waals surface area contributed by atoms with Gasteiger partial charge in [-0.1, -0.05) is 0 Å². The van der Waals surface area contributed by atoms with Crippen LogP contribution in [0.5, 0.6) is 0 Å². The Kier molecular flexibility index (Phi) is 4.89.